The maximum atomic E-state index is 11.2. The highest BCUT2D eigenvalue weighted by atomic mass is 16.5. The van der Waals surface area contributed by atoms with Gasteiger partial charge in [0.1, 0.15) is 22.5 Å². The van der Waals surface area contributed by atoms with Gasteiger partial charge in [-0.3, -0.25) is 0 Å². The molecule has 0 unspecified atom stereocenters. The molecular formula is C20H16N4O8. The number of ether oxygens (including phenoxy) is 2. The SMILES string of the molecule is COC(=O)c1ncc2cc(O)cnc2c1O.COC(=O)c1ncc2cc(O)cnc2c1O. The van der Waals surface area contributed by atoms with Gasteiger partial charge in [-0.05, 0) is 12.1 Å². The van der Waals surface area contributed by atoms with E-state index in [-0.39, 0.29) is 45.4 Å². The zero-order valence-corrected chi connectivity index (χ0v) is 16.7. The summed E-state index contributed by atoms with van der Waals surface area (Å²) in [5.74, 6) is -2.28. The number of aromatic nitrogens is 4. The summed E-state index contributed by atoms with van der Waals surface area (Å²) in [6, 6.07) is 2.77. The number of hydrogen-bond donors (Lipinski definition) is 4. The Balaban J connectivity index is 0.000000181. The lowest BCUT2D eigenvalue weighted by Crippen LogP contribution is -2.04. The van der Waals surface area contributed by atoms with E-state index in [0.29, 0.717) is 10.8 Å². The number of hydrogen-bond acceptors (Lipinski definition) is 12. The van der Waals surface area contributed by atoms with E-state index in [2.05, 4.69) is 29.4 Å². The van der Waals surface area contributed by atoms with Crippen LogP contribution in [0.1, 0.15) is 21.0 Å². The van der Waals surface area contributed by atoms with Crippen LogP contribution in [-0.2, 0) is 9.47 Å². The normalized spacial score (nSPS) is 10.3. The van der Waals surface area contributed by atoms with Crippen molar-refractivity contribution >= 4 is 33.7 Å². The first-order chi connectivity index (χ1) is 15.3. The fraction of sp³-hybridized carbons (Fsp3) is 0.100. The van der Waals surface area contributed by atoms with Crippen LogP contribution in [0.25, 0.3) is 21.8 Å². The van der Waals surface area contributed by atoms with Crippen molar-refractivity contribution in [1.29, 1.82) is 0 Å². The summed E-state index contributed by atoms with van der Waals surface area (Å²) in [6.07, 6.45) is 4.99. The van der Waals surface area contributed by atoms with Gasteiger partial charge >= 0.3 is 11.9 Å². The first-order valence-electron chi connectivity index (χ1n) is 8.76. The molecule has 164 valence electrons. The molecule has 32 heavy (non-hydrogen) atoms. The Morgan fingerprint density at radius 2 is 1.03 bits per heavy atom. The van der Waals surface area contributed by atoms with E-state index in [0.717, 1.165) is 0 Å². The highest BCUT2D eigenvalue weighted by Crippen LogP contribution is 2.28. The molecule has 12 nitrogen and oxygen atoms in total. The minimum Gasteiger partial charge on any atom is -0.506 e. The molecule has 0 aliphatic heterocycles. The second-order valence-corrected chi connectivity index (χ2v) is 6.16. The molecule has 0 fully saturated rings. The Morgan fingerprint density at radius 1 is 0.656 bits per heavy atom. The van der Waals surface area contributed by atoms with Crippen LogP contribution in [0.15, 0.2) is 36.9 Å². The molecule has 0 saturated heterocycles. The lowest BCUT2D eigenvalue weighted by atomic mass is 10.2. The predicted molar refractivity (Wildman–Crippen MR) is 108 cm³/mol. The molecule has 0 aliphatic carbocycles. The van der Waals surface area contributed by atoms with Crippen LogP contribution in [0.4, 0.5) is 0 Å². The standard InChI is InChI=1S/2C10H8N2O4/c2*1-16-10(15)8-9(14)7-5(3-11-8)2-6(13)4-12-7/h2*2-4,13-14H,1H3. The predicted octanol–water partition coefficient (Wildman–Crippen LogP) is 1.66. The molecule has 0 radical (unpaired) electrons. The Kier molecular flexibility index (Phi) is 6.14. The van der Waals surface area contributed by atoms with Crippen molar-refractivity contribution in [2.75, 3.05) is 14.2 Å². The Morgan fingerprint density at radius 3 is 1.38 bits per heavy atom. The second-order valence-electron chi connectivity index (χ2n) is 6.16. The fourth-order valence-corrected chi connectivity index (χ4v) is 2.64. The van der Waals surface area contributed by atoms with Crippen LogP contribution < -0.4 is 0 Å². The third-order valence-electron chi connectivity index (χ3n) is 4.13. The van der Waals surface area contributed by atoms with E-state index in [1.807, 2.05) is 0 Å². The quantitative estimate of drug-likeness (QED) is 0.331. The Hall–Kier alpha value is -4.74. The van der Waals surface area contributed by atoms with Gasteiger partial charge in [-0.1, -0.05) is 0 Å². The lowest BCUT2D eigenvalue weighted by molar-refractivity contribution is 0.0581. The van der Waals surface area contributed by atoms with Gasteiger partial charge in [0.25, 0.3) is 0 Å². The summed E-state index contributed by atoms with van der Waals surface area (Å²) in [6.45, 7) is 0. The fourth-order valence-electron chi connectivity index (χ4n) is 2.64. The van der Waals surface area contributed by atoms with Crippen LogP contribution in [0.3, 0.4) is 0 Å². The molecule has 0 atom stereocenters. The van der Waals surface area contributed by atoms with Crippen molar-refractivity contribution in [3.05, 3.63) is 48.3 Å². The third kappa shape index (κ3) is 4.23. The number of carbonyl (C=O) groups is 2. The van der Waals surface area contributed by atoms with Gasteiger partial charge in [0.15, 0.2) is 22.9 Å². The van der Waals surface area contributed by atoms with Gasteiger partial charge < -0.3 is 29.9 Å². The minimum absolute atomic E-state index is 0.0421. The first kappa shape index (κ1) is 22.0. The molecule has 0 bridgehead atoms. The molecule has 12 heteroatoms. The number of carbonyl (C=O) groups excluding carboxylic acids is 2. The maximum Gasteiger partial charge on any atom is 0.360 e. The largest absolute Gasteiger partial charge is 0.506 e. The van der Waals surface area contributed by atoms with Crippen molar-refractivity contribution in [3.8, 4) is 23.0 Å². The molecule has 4 aromatic rings. The monoisotopic (exact) mass is 440 g/mol. The topological polar surface area (TPSA) is 185 Å². The molecule has 0 saturated carbocycles. The summed E-state index contributed by atoms with van der Waals surface area (Å²) in [7, 11) is 2.38. The maximum absolute atomic E-state index is 11.2. The Labute approximate surface area is 179 Å². The van der Waals surface area contributed by atoms with Crippen molar-refractivity contribution in [2.24, 2.45) is 0 Å². The molecule has 4 N–H and O–H groups in total. The molecule has 4 heterocycles. The first-order valence-corrected chi connectivity index (χ1v) is 8.76. The summed E-state index contributed by atoms with van der Waals surface area (Å²) in [5, 5.41) is 38.7. The summed E-state index contributed by atoms with van der Waals surface area (Å²) >= 11 is 0. The van der Waals surface area contributed by atoms with E-state index in [1.165, 1.54) is 51.1 Å². The van der Waals surface area contributed by atoms with Crippen molar-refractivity contribution in [2.45, 2.75) is 0 Å². The van der Waals surface area contributed by atoms with E-state index in [9.17, 15) is 30.0 Å². The average Bonchev–Trinajstić information content (AvgIpc) is 2.78. The van der Waals surface area contributed by atoms with E-state index < -0.39 is 11.9 Å². The van der Waals surface area contributed by atoms with Crippen molar-refractivity contribution in [3.63, 3.8) is 0 Å². The average molecular weight is 440 g/mol. The molecule has 0 aromatic carbocycles. The van der Waals surface area contributed by atoms with E-state index >= 15 is 0 Å². The molecule has 0 amide bonds. The number of methoxy groups -OCH3 is 2. The smallest absolute Gasteiger partial charge is 0.360 e. The number of rotatable bonds is 2. The van der Waals surface area contributed by atoms with Crippen LogP contribution in [0.2, 0.25) is 0 Å². The van der Waals surface area contributed by atoms with Crippen LogP contribution in [-0.4, -0.2) is 66.5 Å². The number of fused-ring (bicyclic) bond motifs is 2. The van der Waals surface area contributed by atoms with Gasteiger partial charge in [0, 0.05) is 23.2 Å². The Bertz CT molecular complexity index is 1240. The highest BCUT2D eigenvalue weighted by Gasteiger charge is 2.18. The number of nitrogens with zero attached hydrogens (tertiary/aromatic N) is 4. The zero-order valence-electron chi connectivity index (χ0n) is 16.7. The highest BCUT2D eigenvalue weighted by molar-refractivity contribution is 5.98. The summed E-state index contributed by atoms with van der Waals surface area (Å²) in [5.41, 5.74) is -0.0252. The van der Waals surface area contributed by atoms with E-state index in [1.54, 1.807) is 0 Å². The van der Waals surface area contributed by atoms with E-state index in [4.69, 9.17) is 0 Å². The number of aromatic hydroxyl groups is 4. The third-order valence-corrected chi connectivity index (χ3v) is 4.13. The lowest BCUT2D eigenvalue weighted by Gasteiger charge is -2.04. The van der Waals surface area contributed by atoms with Gasteiger partial charge in [0.2, 0.25) is 0 Å². The molecule has 4 aromatic heterocycles. The second kappa shape index (κ2) is 8.95. The minimum atomic E-state index is -0.741. The van der Waals surface area contributed by atoms with Crippen molar-refractivity contribution in [1.82, 2.24) is 19.9 Å². The van der Waals surface area contributed by atoms with Crippen LogP contribution in [0, 0.1) is 0 Å². The summed E-state index contributed by atoms with van der Waals surface area (Å²) in [4.78, 5) is 37.6. The number of esters is 2. The van der Waals surface area contributed by atoms with Gasteiger partial charge in [-0.25, -0.2) is 29.5 Å². The molecule has 4 rings (SSSR count). The van der Waals surface area contributed by atoms with Crippen LogP contribution in [0.5, 0.6) is 23.0 Å². The molecular weight excluding hydrogens is 424 g/mol. The molecule has 0 spiro atoms. The number of pyridine rings is 4. The van der Waals surface area contributed by atoms with Gasteiger partial charge in [0.05, 0.1) is 26.6 Å². The van der Waals surface area contributed by atoms with Gasteiger partial charge in [-0.2, -0.15) is 0 Å². The van der Waals surface area contributed by atoms with Gasteiger partial charge in [-0.15, -0.1) is 0 Å². The zero-order chi connectivity index (χ0) is 23.4. The molecule has 0 aliphatic rings. The summed E-state index contributed by atoms with van der Waals surface area (Å²) < 4.78 is 8.90. The van der Waals surface area contributed by atoms with Crippen LogP contribution >= 0.6 is 0 Å². The van der Waals surface area contributed by atoms with Crippen molar-refractivity contribution < 1.29 is 39.5 Å².